The Morgan fingerprint density at radius 3 is 2.02 bits per heavy atom. The maximum absolute atomic E-state index is 15.0. The topological polar surface area (TPSA) is 63.2 Å². The van der Waals surface area contributed by atoms with E-state index < -0.39 is 17.6 Å². The highest BCUT2D eigenvalue weighted by Crippen LogP contribution is 2.29. The van der Waals surface area contributed by atoms with Crippen molar-refractivity contribution in [3.8, 4) is 22.6 Å². The second-order valence-corrected chi connectivity index (χ2v) is 11.9. The van der Waals surface area contributed by atoms with E-state index >= 15 is 0 Å². The summed E-state index contributed by atoms with van der Waals surface area (Å²) in [7, 11) is 0. The number of aryl methyl sites for hydroxylation is 1. The van der Waals surface area contributed by atoms with Crippen molar-refractivity contribution in [3.63, 3.8) is 0 Å². The Kier molecular flexibility index (Phi) is 14.8. The summed E-state index contributed by atoms with van der Waals surface area (Å²) in [5, 5.41) is 0. The average molecular weight is 639 g/mol. The molecule has 1 saturated carbocycles. The van der Waals surface area contributed by atoms with Gasteiger partial charge in [-0.15, -0.1) is 0 Å². The molecule has 0 saturated heterocycles. The second-order valence-electron chi connectivity index (χ2n) is 11.9. The van der Waals surface area contributed by atoms with Crippen LogP contribution in [0.4, 0.5) is 8.78 Å². The number of ether oxygens (including phenoxy) is 5. The van der Waals surface area contributed by atoms with Crippen LogP contribution in [0, 0.1) is 18.6 Å². The van der Waals surface area contributed by atoms with Crippen LogP contribution in [0.25, 0.3) is 11.1 Å². The number of unbranched alkanes of at least 4 members (excludes halogenated alkanes) is 4. The monoisotopic (exact) mass is 638 g/mol. The molecule has 0 aromatic heterocycles. The molecule has 1 fully saturated rings. The van der Waals surface area contributed by atoms with Crippen molar-refractivity contribution in [1.29, 1.82) is 0 Å². The lowest BCUT2D eigenvalue weighted by molar-refractivity contribution is -0.0363. The third kappa shape index (κ3) is 11.7. The van der Waals surface area contributed by atoms with Crippen LogP contribution in [0.15, 0.2) is 60.7 Å². The molecule has 4 rings (SSSR count). The largest absolute Gasteiger partial charge is 0.494 e. The van der Waals surface area contributed by atoms with Gasteiger partial charge in [-0.05, 0) is 112 Å². The van der Waals surface area contributed by atoms with Crippen molar-refractivity contribution in [1.82, 2.24) is 0 Å². The van der Waals surface area contributed by atoms with Gasteiger partial charge >= 0.3 is 5.97 Å². The molecule has 3 aromatic rings. The van der Waals surface area contributed by atoms with E-state index in [9.17, 15) is 13.6 Å². The summed E-state index contributed by atoms with van der Waals surface area (Å²) in [6.45, 7) is 7.14. The number of hydrogen-bond acceptors (Lipinski definition) is 6. The molecule has 0 N–H and O–H groups in total. The van der Waals surface area contributed by atoms with Gasteiger partial charge in [0.05, 0.1) is 38.1 Å². The second kappa shape index (κ2) is 19.2. The highest BCUT2D eigenvalue weighted by molar-refractivity contribution is 5.90. The molecule has 0 atom stereocenters. The molecule has 6 nitrogen and oxygen atoms in total. The molecule has 0 bridgehead atoms. The van der Waals surface area contributed by atoms with Crippen molar-refractivity contribution in [2.45, 2.75) is 90.3 Å². The molecule has 1 aliphatic carbocycles. The van der Waals surface area contributed by atoms with Crippen LogP contribution >= 0.6 is 0 Å². The van der Waals surface area contributed by atoms with Crippen LogP contribution in [-0.4, -0.2) is 51.2 Å². The first-order chi connectivity index (χ1) is 22.4. The molecule has 0 spiro atoms. The van der Waals surface area contributed by atoms with Crippen molar-refractivity contribution in [2.75, 3.05) is 33.0 Å². The fourth-order valence-electron chi connectivity index (χ4n) is 5.38. The predicted molar refractivity (Wildman–Crippen MR) is 176 cm³/mol. The molecule has 0 aliphatic heterocycles. The van der Waals surface area contributed by atoms with Crippen LogP contribution in [0.5, 0.6) is 11.5 Å². The van der Waals surface area contributed by atoms with E-state index in [0.29, 0.717) is 50.4 Å². The van der Waals surface area contributed by atoms with Gasteiger partial charge in [0.15, 0.2) is 11.6 Å². The molecule has 8 heteroatoms. The van der Waals surface area contributed by atoms with Gasteiger partial charge in [-0.3, -0.25) is 0 Å². The van der Waals surface area contributed by atoms with Gasteiger partial charge in [0, 0.05) is 6.61 Å². The number of hydrogen-bond donors (Lipinski definition) is 0. The molecule has 250 valence electrons. The maximum Gasteiger partial charge on any atom is 0.341 e. The zero-order valence-corrected chi connectivity index (χ0v) is 27.2. The summed E-state index contributed by atoms with van der Waals surface area (Å²) in [4.78, 5) is 12.7. The molecular weight excluding hydrogens is 590 g/mol. The quantitative estimate of drug-likeness (QED) is 0.0964. The number of halogens is 2. The smallest absolute Gasteiger partial charge is 0.341 e. The van der Waals surface area contributed by atoms with E-state index in [1.165, 1.54) is 23.8 Å². The third-order valence-electron chi connectivity index (χ3n) is 8.16. The highest BCUT2D eigenvalue weighted by atomic mass is 19.1. The molecule has 0 heterocycles. The molecule has 0 amide bonds. The van der Waals surface area contributed by atoms with Gasteiger partial charge in [0.25, 0.3) is 0 Å². The molecular formula is C38H48F2O6. The average Bonchev–Trinajstić information content (AvgIpc) is 3.06. The summed E-state index contributed by atoms with van der Waals surface area (Å²) < 4.78 is 58.2. The lowest BCUT2D eigenvalue weighted by Crippen LogP contribution is -2.29. The standard InChI is InChI=1S/C38H48F2O6/c1-3-4-21-42-24-25-44-32-15-17-33(18-16-32)46-38(41)34-19-11-29(26-35(34)39)30-12-20-37(36(40)27-30)45-23-8-6-5-7-22-43-31-13-9-28(2)10-14-31/h9-14,19-20,26-27,32-33H,3-8,15-18,21-25H2,1-2H3. The number of carbonyl (C=O) groups excluding carboxylic acids is 1. The Morgan fingerprint density at radius 1 is 0.696 bits per heavy atom. The molecule has 46 heavy (non-hydrogen) atoms. The number of rotatable bonds is 19. The zero-order chi connectivity index (χ0) is 32.6. The minimum atomic E-state index is -0.701. The van der Waals surface area contributed by atoms with Crippen molar-refractivity contribution >= 4 is 5.97 Å². The fourth-order valence-corrected chi connectivity index (χ4v) is 5.38. The SMILES string of the molecule is CCCCOCCOC1CCC(OC(=O)c2ccc(-c3ccc(OCCCCCCOc4ccc(C)cc4)c(F)c3)cc2F)CC1. The van der Waals surface area contributed by atoms with Gasteiger partial charge in [0.1, 0.15) is 17.7 Å². The van der Waals surface area contributed by atoms with Crippen LogP contribution in [0.2, 0.25) is 0 Å². The van der Waals surface area contributed by atoms with Crippen LogP contribution in [0.3, 0.4) is 0 Å². The fraction of sp³-hybridized carbons (Fsp3) is 0.500. The van der Waals surface area contributed by atoms with Crippen LogP contribution < -0.4 is 9.47 Å². The summed E-state index contributed by atoms with van der Waals surface area (Å²) in [5.41, 5.74) is 2.03. The summed E-state index contributed by atoms with van der Waals surface area (Å²) in [6.07, 6.45) is 8.61. The van der Waals surface area contributed by atoms with E-state index in [1.807, 2.05) is 31.2 Å². The van der Waals surface area contributed by atoms with Gasteiger partial charge in [-0.25, -0.2) is 13.6 Å². The Morgan fingerprint density at radius 2 is 1.35 bits per heavy atom. The summed E-state index contributed by atoms with van der Waals surface area (Å²) >= 11 is 0. The number of esters is 1. The van der Waals surface area contributed by atoms with E-state index in [-0.39, 0.29) is 23.5 Å². The van der Waals surface area contributed by atoms with E-state index in [1.54, 1.807) is 18.2 Å². The van der Waals surface area contributed by atoms with E-state index in [4.69, 9.17) is 23.7 Å². The highest BCUT2D eigenvalue weighted by Gasteiger charge is 2.26. The molecule has 0 radical (unpaired) electrons. The molecule has 1 aliphatic rings. The van der Waals surface area contributed by atoms with Gasteiger partial charge in [0.2, 0.25) is 0 Å². The van der Waals surface area contributed by atoms with Crippen molar-refractivity contribution in [3.05, 3.63) is 83.4 Å². The predicted octanol–water partition coefficient (Wildman–Crippen LogP) is 9.26. The zero-order valence-electron chi connectivity index (χ0n) is 27.2. The lowest BCUT2D eigenvalue weighted by atomic mass is 9.95. The Balaban J connectivity index is 1.14. The third-order valence-corrected chi connectivity index (χ3v) is 8.16. The lowest BCUT2D eigenvalue weighted by Gasteiger charge is -2.28. The number of carbonyl (C=O) groups is 1. The minimum Gasteiger partial charge on any atom is -0.494 e. The molecule has 0 unspecified atom stereocenters. The first-order valence-corrected chi connectivity index (χ1v) is 16.7. The van der Waals surface area contributed by atoms with Crippen molar-refractivity contribution < 1.29 is 37.3 Å². The first kappa shape index (κ1) is 35.4. The minimum absolute atomic E-state index is 0.123. The van der Waals surface area contributed by atoms with Gasteiger partial charge in [-0.2, -0.15) is 0 Å². The Bertz CT molecular complexity index is 1340. The normalized spacial score (nSPS) is 16.3. The summed E-state index contributed by atoms with van der Waals surface area (Å²) in [5.74, 6) is -0.869. The first-order valence-electron chi connectivity index (χ1n) is 16.7. The number of benzene rings is 3. The Hall–Kier alpha value is -3.49. The van der Waals surface area contributed by atoms with Crippen LogP contribution in [0.1, 0.15) is 87.1 Å². The van der Waals surface area contributed by atoms with E-state index in [0.717, 1.165) is 63.7 Å². The maximum atomic E-state index is 15.0. The van der Waals surface area contributed by atoms with Gasteiger partial charge in [-0.1, -0.05) is 43.2 Å². The van der Waals surface area contributed by atoms with Crippen LogP contribution in [-0.2, 0) is 14.2 Å². The molecule has 3 aromatic carbocycles. The van der Waals surface area contributed by atoms with Crippen molar-refractivity contribution in [2.24, 2.45) is 0 Å². The van der Waals surface area contributed by atoms with Gasteiger partial charge < -0.3 is 23.7 Å². The summed E-state index contributed by atoms with van der Waals surface area (Å²) in [6, 6.07) is 16.8. The van der Waals surface area contributed by atoms with E-state index in [2.05, 4.69) is 6.92 Å². The Labute approximate surface area is 272 Å².